The van der Waals surface area contributed by atoms with Crippen LogP contribution in [0.25, 0.3) is 5.82 Å². The van der Waals surface area contributed by atoms with Crippen LogP contribution in [0.15, 0.2) is 24.4 Å². The molecule has 0 amide bonds. The summed E-state index contributed by atoms with van der Waals surface area (Å²) >= 11 is 0. The Balaban J connectivity index is 2.60. The van der Waals surface area contributed by atoms with Crippen molar-refractivity contribution in [1.82, 2.24) is 14.5 Å². The van der Waals surface area contributed by atoms with Gasteiger partial charge in [0.1, 0.15) is 17.5 Å². The molecule has 0 aliphatic heterocycles. The Morgan fingerprint density at radius 2 is 2.28 bits per heavy atom. The lowest BCUT2D eigenvalue weighted by Gasteiger charge is -2.06. The molecule has 2 aromatic heterocycles. The summed E-state index contributed by atoms with van der Waals surface area (Å²) in [4.78, 5) is 20.0. The highest BCUT2D eigenvalue weighted by Crippen LogP contribution is 2.20. The Hall–Kier alpha value is -2.37. The van der Waals surface area contributed by atoms with Crippen LogP contribution in [-0.4, -0.2) is 27.6 Å². The minimum absolute atomic E-state index is 0.125. The van der Waals surface area contributed by atoms with Crippen LogP contribution in [0, 0.1) is 0 Å². The van der Waals surface area contributed by atoms with Gasteiger partial charge >= 0.3 is 5.97 Å². The zero-order valence-corrected chi connectivity index (χ0v) is 10.3. The number of anilines is 1. The number of hydrogen-bond acceptors (Lipinski definition) is 5. The highest BCUT2D eigenvalue weighted by molar-refractivity contribution is 5.92. The number of nitrogen functional groups attached to an aromatic ring is 1. The number of rotatable bonds is 3. The van der Waals surface area contributed by atoms with E-state index in [0.29, 0.717) is 18.1 Å². The molecule has 0 bridgehead atoms. The lowest BCUT2D eigenvalue weighted by atomic mass is 10.4. The van der Waals surface area contributed by atoms with Gasteiger partial charge < -0.3 is 10.5 Å². The number of aryl methyl sites for hydroxylation is 1. The van der Waals surface area contributed by atoms with Crippen molar-refractivity contribution in [2.24, 2.45) is 0 Å². The van der Waals surface area contributed by atoms with Crippen molar-refractivity contribution >= 4 is 11.8 Å². The average Bonchev–Trinajstić information content (AvgIpc) is 2.75. The second-order valence-corrected chi connectivity index (χ2v) is 3.63. The van der Waals surface area contributed by atoms with Crippen molar-refractivity contribution in [2.75, 3.05) is 12.8 Å². The Morgan fingerprint density at radius 3 is 2.83 bits per heavy atom. The Kier molecular flexibility index (Phi) is 3.27. The van der Waals surface area contributed by atoms with E-state index in [1.54, 1.807) is 16.8 Å². The Labute approximate surface area is 104 Å². The normalized spacial score (nSPS) is 10.3. The van der Waals surface area contributed by atoms with Crippen molar-refractivity contribution in [3.05, 3.63) is 35.9 Å². The van der Waals surface area contributed by atoms with E-state index in [9.17, 15) is 4.79 Å². The maximum Gasteiger partial charge on any atom is 0.360 e. The SMILES string of the molecule is CCc1nc(C(=O)OC)c(N)n1-c1ccccn1. The van der Waals surface area contributed by atoms with Gasteiger partial charge in [-0.1, -0.05) is 13.0 Å². The van der Waals surface area contributed by atoms with E-state index >= 15 is 0 Å². The summed E-state index contributed by atoms with van der Waals surface area (Å²) in [5.74, 6) is 1.01. The smallest absolute Gasteiger partial charge is 0.360 e. The number of esters is 1. The molecule has 6 heteroatoms. The van der Waals surface area contributed by atoms with Crippen LogP contribution in [0.2, 0.25) is 0 Å². The molecule has 2 aromatic rings. The van der Waals surface area contributed by atoms with Gasteiger partial charge in [-0.25, -0.2) is 14.8 Å². The van der Waals surface area contributed by atoms with E-state index in [1.807, 2.05) is 19.1 Å². The molecule has 2 N–H and O–H groups in total. The van der Waals surface area contributed by atoms with Gasteiger partial charge in [-0.05, 0) is 12.1 Å². The van der Waals surface area contributed by atoms with Crippen molar-refractivity contribution in [2.45, 2.75) is 13.3 Å². The molecule has 18 heavy (non-hydrogen) atoms. The maximum absolute atomic E-state index is 11.5. The van der Waals surface area contributed by atoms with Crippen LogP contribution in [0.1, 0.15) is 23.2 Å². The topological polar surface area (TPSA) is 83.0 Å². The first-order valence-corrected chi connectivity index (χ1v) is 5.55. The van der Waals surface area contributed by atoms with Gasteiger partial charge in [-0.2, -0.15) is 0 Å². The quantitative estimate of drug-likeness (QED) is 0.823. The fourth-order valence-corrected chi connectivity index (χ4v) is 1.71. The van der Waals surface area contributed by atoms with Crippen molar-refractivity contribution in [1.29, 1.82) is 0 Å². The number of nitrogens with two attached hydrogens (primary N) is 1. The number of aromatic nitrogens is 3. The summed E-state index contributed by atoms with van der Waals surface area (Å²) in [6.07, 6.45) is 2.30. The molecule has 0 fully saturated rings. The molecule has 6 nitrogen and oxygen atoms in total. The summed E-state index contributed by atoms with van der Waals surface area (Å²) in [6.45, 7) is 1.93. The third-order valence-corrected chi connectivity index (χ3v) is 2.56. The third-order valence-electron chi connectivity index (χ3n) is 2.56. The summed E-state index contributed by atoms with van der Waals surface area (Å²) < 4.78 is 6.31. The summed E-state index contributed by atoms with van der Waals surface area (Å²) in [5, 5.41) is 0. The van der Waals surface area contributed by atoms with Crippen LogP contribution in [0.3, 0.4) is 0 Å². The van der Waals surface area contributed by atoms with Crippen LogP contribution in [0.4, 0.5) is 5.82 Å². The lowest BCUT2D eigenvalue weighted by molar-refractivity contribution is 0.0596. The number of methoxy groups -OCH3 is 1. The first-order chi connectivity index (χ1) is 8.69. The molecule has 0 aromatic carbocycles. The Bertz CT molecular complexity index is 563. The number of pyridine rings is 1. The lowest BCUT2D eigenvalue weighted by Crippen LogP contribution is -2.08. The summed E-state index contributed by atoms with van der Waals surface area (Å²) in [5.41, 5.74) is 6.07. The van der Waals surface area contributed by atoms with Crippen molar-refractivity contribution < 1.29 is 9.53 Å². The second kappa shape index (κ2) is 4.87. The first kappa shape index (κ1) is 12.1. The molecule has 0 atom stereocenters. The first-order valence-electron chi connectivity index (χ1n) is 5.55. The zero-order valence-electron chi connectivity index (χ0n) is 10.3. The predicted molar refractivity (Wildman–Crippen MR) is 66.5 cm³/mol. The number of imidazole rings is 1. The number of carbonyl (C=O) groups excluding carboxylic acids is 1. The molecular formula is C12H14N4O2. The molecule has 0 aliphatic rings. The molecule has 94 valence electrons. The molecule has 0 aliphatic carbocycles. The second-order valence-electron chi connectivity index (χ2n) is 3.63. The van der Waals surface area contributed by atoms with Gasteiger partial charge in [-0.3, -0.25) is 4.57 Å². The molecular weight excluding hydrogens is 232 g/mol. The Morgan fingerprint density at radius 1 is 1.50 bits per heavy atom. The molecule has 2 heterocycles. The molecule has 0 unspecified atom stereocenters. The van der Waals surface area contributed by atoms with Gasteiger partial charge in [0.15, 0.2) is 5.69 Å². The van der Waals surface area contributed by atoms with E-state index in [2.05, 4.69) is 14.7 Å². The van der Waals surface area contributed by atoms with Crippen LogP contribution in [-0.2, 0) is 11.2 Å². The van der Waals surface area contributed by atoms with E-state index in [4.69, 9.17) is 5.73 Å². The highest BCUT2D eigenvalue weighted by Gasteiger charge is 2.21. The number of ether oxygens (including phenoxy) is 1. The number of carbonyl (C=O) groups is 1. The number of hydrogen-bond donors (Lipinski definition) is 1. The van der Waals surface area contributed by atoms with Gasteiger partial charge in [0.25, 0.3) is 0 Å². The fraction of sp³-hybridized carbons (Fsp3) is 0.250. The van der Waals surface area contributed by atoms with E-state index in [-0.39, 0.29) is 11.5 Å². The van der Waals surface area contributed by atoms with Gasteiger partial charge in [0.2, 0.25) is 0 Å². The van der Waals surface area contributed by atoms with Crippen molar-refractivity contribution in [3.63, 3.8) is 0 Å². The summed E-state index contributed by atoms with van der Waals surface area (Å²) in [6, 6.07) is 5.46. The minimum atomic E-state index is -0.545. The van der Waals surface area contributed by atoms with Gasteiger partial charge in [-0.15, -0.1) is 0 Å². The van der Waals surface area contributed by atoms with Crippen LogP contribution < -0.4 is 5.73 Å². The fourth-order valence-electron chi connectivity index (χ4n) is 1.71. The average molecular weight is 246 g/mol. The van der Waals surface area contributed by atoms with E-state index < -0.39 is 5.97 Å². The monoisotopic (exact) mass is 246 g/mol. The molecule has 2 rings (SSSR count). The number of nitrogens with zero attached hydrogens (tertiary/aromatic N) is 3. The molecule has 0 saturated carbocycles. The largest absolute Gasteiger partial charge is 0.464 e. The van der Waals surface area contributed by atoms with Gasteiger partial charge in [0.05, 0.1) is 7.11 Å². The zero-order chi connectivity index (χ0) is 13.1. The summed E-state index contributed by atoms with van der Waals surface area (Å²) in [7, 11) is 1.30. The third kappa shape index (κ3) is 1.92. The van der Waals surface area contributed by atoms with Crippen LogP contribution >= 0.6 is 0 Å². The van der Waals surface area contributed by atoms with Gasteiger partial charge in [0, 0.05) is 12.6 Å². The van der Waals surface area contributed by atoms with E-state index in [1.165, 1.54) is 7.11 Å². The standard InChI is InChI=1S/C12H14N4O2/c1-3-8-15-10(12(17)18-2)11(13)16(8)9-6-4-5-7-14-9/h4-7H,3,13H2,1-2H3. The minimum Gasteiger partial charge on any atom is -0.464 e. The molecule has 0 saturated heterocycles. The highest BCUT2D eigenvalue weighted by atomic mass is 16.5. The predicted octanol–water partition coefficient (Wildman–Crippen LogP) is 1.20. The molecule has 0 radical (unpaired) electrons. The maximum atomic E-state index is 11.5. The van der Waals surface area contributed by atoms with Crippen LogP contribution in [0.5, 0.6) is 0 Å². The van der Waals surface area contributed by atoms with E-state index in [0.717, 1.165) is 0 Å². The molecule has 0 spiro atoms. The van der Waals surface area contributed by atoms with Crippen molar-refractivity contribution in [3.8, 4) is 5.82 Å².